The highest BCUT2D eigenvalue weighted by Gasteiger charge is 2.40. The number of nitrogens with one attached hydrogen (secondary N) is 2. The van der Waals surface area contributed by atoms with E-state index < -0.39 is 17.7 Å². The molecule has 5 rings (SSSR count). The van der Waals surface area contributed by atoms with Gasteiger partial charge in [-0.25, -0.2) is 14.8 Å². The van der Waals surface area contributed by atoms with E-state index >= 15 is 0 Å². The molecule has 8 heteroatoms. The second-order valence-corrected chi connectivity index (χ2v) is 8.95. The van der Waals surface area contributed by atoms with Gasteiger partial charge < -0.3 is 20.1 Å². The molecule has 1 saturated heterocycles. The van der Waals surface area contributed by atoms with Crippen LogP contribution in [0.5, 0.6) is 11.5 Å². The largest absolute Gasteiger partial charge is 0.456 e. The topological polar surface area (TPSA) is 85.4 Å². The fraction of sp³-hybridized carbons (Fsp3) is 0.148. The quantitative estimate of drug-likeness (QED) is 0.342. The van der Waals surface area contributed by atoms with Crippen LogP contribution < -0.4 is 15.4 Å². The Morgan fingerprint density at radius 3 is 2.66 bits per heavy atom. The number of carbonyl (C=O) groups excluding carboxylic acids is 1. The Morgan fingerprint density at radius 1 is 1.09 bits per heavy atom. The van der Waals surface area contributed by atoms with E-state index in [0.717, 1.165) is 22.2 Å². The molecule has 1 unspecified atom stereocenters. The van der Waals surface area contributed by atoms with E-state index in [-0.39, 0.29) is 0 Å². The molecule has 0 aliphatic carbocycles. The molecule has 35 heavy (non-hydrogen) atoms. The van der Waals surface area contributed by atoms with E-state index in [1.54, 1.807) is 12.1 Å². The summed E-state index contributed by atoms with van der Waals surface area (Å²) in [6, 6.07) is 20.5. The minimum atomic E-state index is -0.563. The molecule has 1 aliphatic heterocycles. The van der Waals surface area contributed by atoms with Crippen LogP contribution in [0.15, 0.2) is 73.1 Å². The zero-order valence-corrected chi connectivity index (χ0v) is 19.8. The van der Waals surface area contributed by atoms with E-state index in [2.05, 4.69) is 32.4 Å². The minimum absolute atomic E-state index is 0.464. The summed E-state index contributed by atoms with van der Waals surface area (Å²) >= 11 is 6.47. The zero-order chi connectivity index (χ0) is 24.4. The summed E-state index contributed by atoms with van der Waals surface area (Å²) in [4.78, 5) is 20.3. The van der Waals surface area contributed by atoms with Crippen LogP contribution in [0.1, 0.15) is 19.4 Å². The lowest BCUT2D eigenvalue weighted by molar-refractivity contribution is 0.149. The first-order valence-electron chi connectivity index (χ1n) is 10.9. The van der Waals surface area contributed by atoms with Crippen LogP contribution in [0.3, 0.4) is 0 Å². The molecule has 0 saturated carbocycles. The highest BCUT2D eigenvalue weighted by atomic mass is 35.5. The number of carbonyl (C=O) groups is 1. The van der Waals surface area contributed by atoms with Gasteiger partial charge in [0.2, 0.25) is 0 Å². The van der Waals surface area contributed by atoms with Gasteiger partial charge in [0.1, 0.15) is 23.6 Å². The van der Waals surface area contributed by atoms with Crippen LogP contribution in [0, 0.1) is 11.8 Å². The first kappa shape index (κ1) is 22.5. The number of amides is 1. The third-order valence-corrected chi connectivity index (χ3v) is 5.75. The number of rotatable bonds is 4. The Kier molecular flexibility index (Phi) is 5.89. The fourth-order valence-corrected chi connectivity index (χ4v) is 3.84. The normalized spacial score (nSPS) is 16.1. The molecule has 2 N–H and O–H groups in total. The Hall–Kier alpha value is -4.28. The molecule has 1 aromatic heterocycles. The first-order chi connectivity index (χ1) is 16.9. The van der Waals surface area contributed by atoms with Gasteiger partial charge >= 0.3 is 6.09 Å². The molecule has 3 aromatic carbocycles. The predicted octanol–water partition coefficient (Wildman–Crippen LogP) is 6.06. The third kappa shape index (κ3) is 4.98. The van der Waals surface area contributed by atoms with Crippen molar-refractivity contribution in [2.24, 2.45) is 0 Å². The van der Waals surface area contributed by atoms with Crippen molar-refractivity contribution in [3.8, 4) is 23.3 Å². The number of halogens is 1. The van der Waals surface area contributed by atoms with Crippen LogP contribution in [0.25, 0.3) is 10.9 Å². The summed E-state index contributed by atoms with van der Waals surface area (Å²) in [7, 11) is 0. The SMILES string of the molecule is CC1(C)NC(=O)OC1C#Cc1ccc2ncnc(Nc3ccc(Oc4ccccc4)c(Cl)c3)c2c1. The second-order valence-electron chi connectivity index (χ2n) is 8.54. The number of aromatic nitrogens is 2. The summed E-state index contributed by atoms with van der Waals surface area (Å²) in [5.41, 5.74) is 1.70. The van der Waals surface area contributed by atoms with Gasteiger partial charge in [-0.1, -0.05) is 41.6 Å². The van der Waals surface area contributed by atoms with Crippen molar-refractivity contribution in [3.05, 3.63) is 83.6 Å². The number of nitrogens with zero attached hydrogens (tertiary/aromatic N) is 2. The highest BCUT2D eigenvalue weighted by molar-refractivity contribution is 6.32. The molecule has 7 nitrogen and oxygen atoms in total. The molecule has 1 amide bonds. The lowest BCUT2D eigenvalue weighted by Gasteiger charge is -2.18. The standard InChI is InChI=1S/C27H21ClN4O3/c1-27(2)24(35-26(33)32-27)13-9-17-8-11-22-20(14-17)25(30-16-29-22)31-18-10-12-23(21(28)15-18)34-19-6-4-3-5-7-19/h3-8,10-12,14-16,24H,1-2H3,(H,32,33)(H,29,30,31). The molecular weight excluding hydrogens is 464 g/mol. The molecule has 0 bridgehead atoms. The van der Waals surface area contributed by atoms with Crippen molar-refractivity contribution in [2.45, 2.75) is 25.5 Å². The number of hydrogen-bond donors (Lipinski definition) is 2. The minimum Gasteiger partial charge on any atom is -0.456 e. The molecule has 2 heterocycles. The van der Waals surface area contributed by atoms with Crippen LogP contribution in [0.4, 0.5) is 16.3 Å². The zero-order valence-electron chi connectivity index (χ0n) is 19.0. The van der Waals surface area contributed by atoms with Gasteiger partial charge in [-0.05, 0) is 62.4 Å². The molecule has 174 valence electrons. The maximum atomic E-state index is 11.6. The molecule has 4 aromatic rings. The number of cyclic esters (lactones) is 1. The summed E-state index contributed by atoms with van der Waals surface area (Å²) in [5, 5.41) is 7.31. The second kappa shape index (κ2) is 9.16. The number of ether oxygens (including phenoxy) is 2. The summed E-state index contributed by atoms with van der Waals surface area (Å²) < 4.78 is 11.1. The molecule has 1 aliphatic rings. The van der Waals surface area contributed by atoms with Gasteiger partial charge in [0.15, 0.2) is 6.10 Å². The summed E-state index contributed by atoms with van der Waals surface area (Å²) in [5.74, 6) is 8.01. The summed E-state index contributed by atoms with van der Waals surface area (Å²) in [6.07, 6.45) is 0.483. The van der Waals surface area contributed by atoms with E-state index in [1.165, 1.54) is 6.33 Å². The van der Waals surface area contributed by atoms with Crippen molar-refractivity contribution in [1.29, 1.82) is 0 Å². The predicted molar refractivity (Wildman–Crippen MR) is 135 cm³/mol. The van der Waals surface area contributed by atoms with Gasteiger partial charge in [0.25, 0.3) is 0 Å². The van der Waals surface area contributed by atoms with Gasteiger partial charge in [-0.2, -0.15) is 0 Å². The Morgan fingerprint density at radius 2 is 1.91 bits per heavy atom. The van der Waals surface area contributed by atoms with Crippen molar-refractivity contribution in [3.63, 3.8) is 0 Å². The Balaban J connectivity index is 1.40. The van der Waals surface area contributed by atoms with E-state index in [9.17, 15) is 4.79 Å². The van der Waals surface area contributed by atoms with Gasteiger partial charge in [-0.3, -0.25) is 0 Å². The lowest BCUT2D eigenvalue weighted by atomic mass is 9.99. The van der Waals surface area contributed by atoms with Gasteiger partial charge in [0, 0.05) is 16.6 Å². The van der Waals surface area contributed by atoms with Crippen LogP contribution in [-0.2, 0) is 4.74 Å². The first-order valence-corrected chi connectivity index (χ1v) is 11.3. The lowest BCUT2D eigenvalue weighted by Crippen LogP contribution is -2.41. The molecule has 0 radical (unpaired) electrons. The Bertz CT molecular complexity index is 1480. The van der Waals surface area contributed by atoms with E-state index in [1.807, 2.05) is 68.4 Å². The monoisotopic (exact) mass is 484 g/mol. The number of para-hydroxylation sites is 1. The Labute approximate surface area is 207 Å². The number of fused-ring (bicyclic) bond motifs is 1. The van der Waals surface area contributed by atoms with Crippen LogP contribution in [0.2, 0.25) is 5.02 Å². The van der Waals surface area contributed by atoms with E-state index in [0.29, 0.717) is 22.3 Å². The maximum Gasteiger partial charge on any atom is 0.409 e. The number of benzene rings is 3. The molecule has 1 atom stereocenters. The highest BCUT2D eigenvalue weighted by Crippen LogP contribution is 2.33. The average Bonchev–Trinajstić information content (AvgIpc) is 3.11. The van der Waals surface area contributed by atoms with Gasteiger partial charge in [0.05, 0.1) is 16.1 Å². The van der Waals surface area contributed by atoms with E-state index in [4.69, 9.17) is 21.1 Å². The number of hydrogen-bond acceptors (Lipinski definition) is 6. The smallest absolute Gasteiger partial charge is 0.409 e. The molecule has 0 spiro atoms. The summed E-state index contributed by atoms with van der Waals surface area (Å²) in [6.45, 7) is 3.74. The van der Waals surface area contributed by atoms with Crippen molar-refractivity contribution < 1.29 is 14.3 Å². The average molecular weight is 485 g/mol. The number of alkyl carbamates (subject to hydrolysis) is 1. The van der Waals surface area contributed by atoms with Crippen molar-refractivity contribution in [1.82, 2.24) is 15.3 Å². The van der Waals surface area contributed by atoms with Gasteiger partial charge in [-0.15, -0.1) is 0 Å². The van der Waals surface area contributed by atoms with Crippen molar-refractivity contribution >= 4 is 40.1 Å². The third-order valence-electron chi connectivity index (χ3n) is 5.45. The van der Waals surface area contributed by atoms with Crippen molar-refractivity contribution in [2.75, 3.05) is 5.32 Å². The van der Waals surface area contributed by atoms with Crippen LogP contribution in [-0.4, -0.2) is 27.7 Å². The molecular formula is C27H21ClN4O3. The fourth-order valence-electron chi connectivity index (χ4n) is 3.62. The maximum absolute atomic E-state index is 11.6. The number of anilines is 2. The molecule has 1 fully saturated rings. The van der Waals surface area contributed by atoms with Crippen LogP contribution >= 0.6 is 11.6 Å².